The van der Waals surface area contributed by atoms with Gasteiger partial charge in [0.2, 0.25) is 0 Å². The molecule has 0 atom stereocenters. The number of rotatable bonds is 30. The summed E-state index contributed by atoms with van der Waals surface area (Å²) in [6.07, 6.45) is 28.8. The first kappa shape index (κ1) is 52.4. The molecule has 0 aromatic heterocycles. The van der Waals surface area contributed by atoms with Gasteiger partial charge in [-0.25, -0.2) is 0 Å². The van der Waals surface area contributed by atoms with Crippen molar-refractivity contribution < 1.29 is 35.1 Å². The summed E-state index contributed by atoms with van der Waals surface area (Å²) < 4.78 is 3.25. The van der Waals surface area contributed by atoms with Crippen LogP contribution in [0.2, 0.25) is 8.87 Å². The minimum atomic E-state index is -0.909. The molecule has 0 bridgehead atoms. The van der Waals surface area contributed by atoms with Crippen LogP contribution in [0, 0.1) is 5.41 Å². The number of aliphatic hydroxyl groups is 3. The Morgan fingerprint density at radius 1 is 0.457 bits per heavy atom. The monoisotopic (exact) mass is 766 g/mol. The van der Waals surface area contributed by atoms with Crippen molar-refractivity contribution in [3.8, 4) is 0 Å². The SMILES string of the molecule is CCC(CO)(CO)CO.CCCCCCCCCCCC(=O)[O-].CCCCCCCCCCCC(=O)[O-].CCC[CH2][Sn+2][CH2]CCC. The Labute approximate surface area is 296 Å². The zero-order valence-electron chi connectivity index (χ0n) is 31.2. The van der Waals surface area contributed by atoms with Crippen LogP contribution >= 0.6 is 0 Å². The molecule has 276 valence electrons. The van der Waals surface area contributed by atoms with Crippen LogP contribution in [-0.4, -0.2) is 68.2 Å². The number of hydrogen-bond donors (Lipinski definition) is 3. The maximum atomic E-state index is 10.1. The third-order valence-electron chi connectivity index (χ3n) is 8.14. The van der Waals surface area contributed by atoms with Crippen LogP contribution in [0.4, 0.5) is 0 Å². The zero-order valence-corrected chi connectivity index (χ0v) is 34.0. The molecular formula is C38H78O7Sn. The number of hydrogen-bond acceptors (Lipinski definition) is 7. The van der Waals surface area contributed by atoms with E-state index in [-0.39, 0.29) is 53.8 Å². The molecule has 0 aliphatic rings. The standard InChI is InChI=1S/2C12H24O2.C6H14O3.2C4H9.Sn/c2*1-2-3-4-5-6-7-8-9-10-11-12(13)14;1-2-6(3-7,4-8)5-9;2*1-3-4-2;/h2*2-11H2,1H3,(H,13,14);7-9H,2-5H2,1H3;2*1,3-4H2,2H3;/q;;;;;+2/p-2. The van der Waals surface area contributed by atoms with Gasteiger partial charge < -0.3 is 35.1 Å². The molecule has 0 saturated heterocycles. The van der Waals surface area contributed by atoms with Gasteiger partial charge in [0.1, 0.15) is 0 Å². The minimum absolute atomic E-state index is 0.149. The van der Waals surface area contributed by atoms with Gasteiger partial charge in [-0.3, -0.25) is 0 Å². The van der Waals surface area contributed by atoms with E-state index in [9.17, 15) is 19.8 Å². The van der Waals surface area contributed by atoms with Crippen LogP contribution in [0.3, 0.4) is 0 Å². The molecule has 0 unspecified atom stereocenters. The van der Waals surface area contributed by atoms with E-state index >= 15 is 0 Å². The van der Waals surface area contributed by atoms with Gasteiger partial charge in [-0.1, -0.05) is 124 Å². The molecular weight excluding hydrogens is 687 g/mol. The Kier molecular flexibility index (Phi) is 53.3. The first-order valence-corrected chi connectivity index (χ1v) is 23.2. The van der Waals surface area contributed by atoms with E-state index in [1.807, 2.05) is 6.92 Å². The molecule has 46 heavy (non-hydrogen) atoms. The summed E-state index contributed by atoms with van der Waals surface area (Å²) in [5, 5.41) is 46.2. The number of carbonyl (C=O) groups is 2. The fraction of sp³-hybridized carbons (Fsp3) is 0.947. The second-order valence-electron chi connectivity index (χ2n) is 12.7. The van der Waals surface area contributed by atoms with E-state index in [1.165, 1.54) is 116 Å². The quantitative estimate of drug-likeness (QED) is 0.0501. The molecule has 0 spiro atoms. The van der Waals surface area contributed by atoms with Gasteiger partial charge in [-0.15, -0.1) is 0 Å². The molecule has 0 fully saturated rings. The molecule has 0 radical (unpaired) electrons. The van der Waals surface area contributed by atoms with Crippen molar-refractivity contribution in [2.24, 2.45) is 5.41 Å². The topological polar surface area (TPSA) is 141 Å². The Morgan fingerprint density at radius 3 is 0.913 bits per heavy atom. The Morgan fingerprint density at radius 2 is 0.717 bits per heavy atom. The number of carboxylic acid groups (broad SMARTS) is 2. The molecule has 0 rings (SSSR count). The summed E-state index contributed by atoms with van der Waals surface area (Å²) in [6, 6.07) is 0. The van der Waals surface area contributed by atoms with Crippen molar-refractivity contribution in [1.82, 2.24) is 0 Å². The third kappa shape index (κ3) is 50.5. The second kappa shape index (κ2) is 46.7. The molecule has 7 nitrogen and oxygen atoms in total. The summed E-state index contributed by atoms with van der Waals surface area (Å²) >= 11 is 0.149. The molecule has 8 heteroatoms. The summed E-state index contributed by atoms with van der Waals surface area (Å²) in [5.41, 5.74) is -0.667. The van der Waals surface area contributed by atoms with Crippen molar-refractivity contribution >= 4 is 33.1 Å². The van der Waals surface area contributed by atoms with E-state index in [4.69, 9.17) is 15.3 Å². The van der Waals surface area contributed by atoms with Gasteiger partial charge in [-0.2, -0.15) is 0 Å². The fourth-order valence-electron chi connectivity index (χ4n) is 4.37. The molecule has 0 amide bonds. The average Bonchev–Trinajstić information content (AvgIpc) is 3.05. The second-order valence-corrected chi connectivity index (χ2v) is 17.0. The Balaban J connectivity index is -0.000000261. The Bertz CT molecular complexity index is 516. The van der Waals surface area contributed by atoms with E-state index < -0.39 is 17.4 Å². The maximum absolute atomic E-state index is 10.1. The van der Waals surface area contributed by atoms with Gasteiger partial charge in [0.25, 0.3) is 0 Å². The number of unbranched alkanes of at least 4 members (excludes halogenated alkanes) is 18. The van der Waals surface area contributed by atoms with E-state index in [2.05, 4.69) is 27.7 Å². The van der Waals surface area contributed by atoms with Crippen molar-refractivity contribution in [1.29, 1.82) is 0 Å². The third-order valence-corrected chi connectivity index (χ3v) is 12.2. The number of carboxylic acids is 2. The first-order valence-electron chi connectivity index (χ1n) is 19.1. The van der Waals surface area contributed by atoms with Crippen LogP contribution in [0.1, 0.15) is 195 Å². The molecule has 3 N–H and O–H groups in total. The van der Waals surface area contributed by atoms with E-state index in [1.54, 1.807) is 8.87 Å². The number of aliphatic hydroxyl groups excluding tert-OH is 3. The van der Waals surface area contributed by atoms with Gasteiger partial charge in [0.05, 0.1) is 19.8 Å². The van der Waals surface area contributed by atoms with Crippen molar-refractivity contribution in [2.45, 2.75) is 204 Å². The van der Waals surface area contributed by atoms with Crippen molar-refractivity contribution in [2.75, 3.05) is 19.8 Å². The van der Waals surface area contributed by atoms with Crippen LogP contribution in [0.15, 0.2) is 0 Å². The summed E-state index contributed by atoms with van der Waals surface area (Å²) in [7, 11) is 0. The molecule has 0 heterocycles. The van der Waals surface area contributed by atoms with Crippen molar-refractivity contribution in [3.05, 3.63) is 0 Å². The molecule has 0 aromatic rings. The molecule has 0 aliphatic heterocycles. The normalized spacial score (nSPS) is 10.4. The predicted molar refractivity (Wildman–Crippen MR) is 193 cm³/mol. The molecule has 0 aromatic carbocycles. The predicted octanol–water partition coefficient (Wildman–Crippen LogP) is 7.80. The van der Waals surface area contributed by atoms with Crippen molar-refractivity contribution in [3.63, 3.8) is 0 Å². The van der Waals surface area contributed by atoms with E-state index in [0.717, 1.165) is 25.7 Å². The van der Waals surface area contributed by atoms with Gasteiger partial charge in [-0.05, 0) is 32.1 Å². The van der Waals surface area contributed by atoms with Crippen LogP contribution in [0.5, 0.6) is 0 Å². The molecule has 0 aliphatic carbocycles. The van der Waals surface area contributed by atoms with Gasteiger partial charge in [0.15, 0.2) is 0 Å². The number of aliphatic carboxylic acids is 2. The van der Waals surface area contributed by atoms with Crippen LogP contribution < -0.4 is 10.2 Å². The zero-order chi connectivity index (χ0) is 35.6. The average molecular weight is 766 g/mol. The summed E-state index contributed by atoms with van der Waals surface area (Å²) in [5.74, 6) is -1.82. The first-order chi connectivity index (χ1) is 22.2. The fourth-order valence-corrected chi connectivity index (χ4v) is 8.53. The van der Waals surface area contributed by atoms with Gasteiger partial charge in [0, 0.05) is 17.4 Å². The van der Waals surface area contributed by atoms with Gasteiger partial charge >= 0.3 is 69.5 Å². The Hall–Kier alpha value is -0.381. The van der Waals surface area contributed by atoms with E-state index in [0.29, 0.717) is 6.42 Å². The van der Waals surface area contributed by atoms with Crippen LogP contribution in [-0.2, 0) is 9.59 Å². The van der Waals surface area contributed by atoms with Crippen LogP contribution in [0.25, 0.3) is 0 Å². The molecule has 0 saturated carbocycles. The summed E-state index contributed by atoms with van der Waals surface area (Å²) in [4.78, 5) is 20.2. The summed E-state index contributed by atoms with van der Waals surface area (Å²) in [6.45, 7) is 10.4. The number of carbonyl (C=O) groups excluding carboxylic acids is 2.